The van der Waals surface area contributed by atoms with Crippen LogP contribution in [0.1, 0.15) is 0 Å². The Bertz CT molecular complexity index is 691. The molecule has 3 rings (SSSR count). The van der Waals surface area contributed by atoms with E-state index >= 15 is 0 Å². The van der Waals surface area contributed by atoms with Crippen LogP contribution in [0.15, 0.2) is 73.1 Å². The Morgan fingerprint density at radius 2 is 1.45 bits per heavy atom. The van der Waals surface area contributed by atoms with E-state index in [9.17, 15) is 0 Å². The van der Waals surface area contributed by atoms with Gasteiger partial charge in [-0.2, -0.15) is 0 Å². The molecule has 0 spiro atoms. The smallest absolute Gasteiger partial charge is 0.0591 e. The molecule has 0 aliphatic heterocycles. The first-order chi connectivity index (χ1) is 9.81. The number of nitrogens with zero attached hydrogens (tertiary/aromatic N) is 1. The molecule has 0 amide bonds. The Morgan fingerprint density at radius 1 is 0.750 bits per heavy atom. The highest BCUT2D eigenvalue weighted by atomic mass is 14.9. The van der Waals surface area contributed by atoms with Crippen molar-refractivity contribution < 1.29 is 0 Å². The van der Waals surface area contributed by atoms with E-state index in [2.05, 4.69) is 34.6 Å². The van der Waals surface area contributed by atoms with E-state index in [0.29, 0.717) is 5.69 Å². The molecule has 0 radical (unpaired) electrons. The Hall–Kier alpha value is -2.81. The Kier molecular flexibility index (Phi) is 3.33. The number of pyridine rings is 1. The molecule has 1 aromatic heterocycles. The van der Waals surface area contributed by atoms with Gasteiger partial charge < -0.3 is 11.1 Å². The molecule has 3 heteroatoms. The molecule has 0 fully saturated rings. The van der Waals surface area contributed by atoms with E-state index in [-0.39, 0.29) is 0 Å². The van der Waals surface area contributed by atoms with Crippen molar-refractivity contribution >= 4 is 17.1 Å². The predicted molar refractivity (Wildman–Crippen MR) is 83.8 cm³/mol. The topological polar surface area (TPSA) is 50.9 Å². The molecule has 20 heavy (non-hydrogen) atoms. The van der Waals surface area contributed by atoms with Crippen molar-refractivity contribution in [2.75, 3.05) is 11.1 Å². The number of nitrogens with two attached hydrogens (primary N) is 1. The first kappa shape index (κ1) is 12.2. The van der Waals surface area contributed by atoms with Gasteiger partial charge in [0, 0.05) is 11.9 Å². The summed E-state index contributed by atoms with van der Waals surface area (Å²) in [7, 11) is 0. The van der Waals surface area contributed by atoms with Gasteiger partial charge in [0.1, 0.15) is 0 Å². The van der Waals surface area contributed by atoms with Crippen molar-refractivity contribution in [2.45, 2.75) is 0 Å². The number of hydrogen-bond donors (Lipinski definition) is 2. The van der Waals surface area contributed by atoms with E-state index in [1.807, 2.05) is 36.4 Å². The minimum absolute atomic E-state index is 0.649. The number of benzene rings is 2. The van der Waals surface area contributed by atoms with Crippen molar-refractivity contribution in [1.82, 2.24) is 4.98 Å². The summed E-state index contributed by atoms with van der Waals surface area (Å²) < 4.78 is 0. The van der Waals surface area contributed by atoms with Gasteiger partial charge in [0.05, 0.1) is 17.6 Å². The van der Waals surface area contributed by atoms with Gasteiger partial charge in [-0.05, 0) is 29.3 Å². The maximum absolute atomic E-state index is 5.71. The molecule has 1 heterocycles. The average Bonchev–Trinajstić information content (AvgIpc) is 2.49. The normalized spacial score (nSPS) is 10.2. The largest absolute Gasteiger partial charge is 0.397 e. The van der Waals surface area contributed by atoms with Crippen molar-refractivity contribution in [3.8, 4) is 11.1 Å². The third-order valence-corrected chi connectivity index (χ3v) is 3.04. The second-order valence-electron chi connectivity index (χ2n) is 4.58. The van der Waals surface area contributed by atoms with E-state index in [4.69, 9.17) is 5.73 Å². The van der Waals surface area contributed by atoms with Crippen molar-refractivity contribution in [1.29, 1.82) is 0 Å². The fourth-order valence-corrected chi connectivity index (χ4v) is 2.07. The minimum atomic E-state index is 0.649. The van der Waals surface area contributed by atoms with Crippen LogP contribution < -0.4 is 11.1 Å². The summed E-state index contributed by atoms with van der Waals surface area (Å²) in [5.74, 6) is 0. The van der Waals surface area contributed by atoms with Gasteiger partial charge in [-0.15, -0.1) is 0 Å². The first-order valence-corrected chi connectivity index (χ1v) is 6.44. The SMILES string of the molecule is Nc1cncc(Nc2ccc(-c3ccccc3)cc2)c1. The zero-order valence-corrected chi connectivity index (χ0v) is 11.0. The lowest BCUT2D eigenvalue weighted by atomic mass is 10.1. The maximum Gasteiger partial charge on any atom is 0.0591 e. The monoisotopic (exact) mass is 261 g/mol. The summed E-state index contributed by atoms with van der Waals surface area (Å²) in [4.78, 5) is 4.06. The molecule has 0 saturated heterocycles. The second kappa shape index (κ2) is 5.45. The maximum atomic E-state index is 5.71. The molecule has 3 nitrogen and oxygen atoms in total. The second-order valence-corrected chi connectivity index (χ2v) is 4.58. The molecule has 0 atom stereocenters. The van der Waals surface area contributed by atoms with Crippen LogP contribution in [0.25, 0.3) is 11.1 Å². The van der Waals surface area contributed by atoms with Crippen molar-refractivity contribution in [2.24, 2.45) is 0 Å². The zero-order chi connectivity index (χ0) is 13.8. The summed E-state index contributed by atoms with van der Waals surface area (Å²) in [6.45, 7) is 0. The van der Waals surface area contributed by atoms with Gasteiger partial charge in [-0.3, -0.25) is 4.98 Å². The van der Waals surface area contributed by atoms with Crippen LogP contribution in [-0.2, 0) is 0 Å². The van der Waals surface area contributed by atoms with Gasteiger partial charge in [-0.1, -0.05) is 42.5 Å². The molecule has 0 bridgehead atoms. The lowest BCUT2D eigenvalue weighted by Crippen LogP contribution is -1.93. The molecule has 0 aliphatic carbocycles. The predicted octanol–water partition coefficient (Wildman–Crippen LogP) is 4.07. The molecule has 0 saturated carbocycles. The zero-order valence-electron chi connectivity index (χ0n) is 11.0. The number of rotatable bonds is 3. The van der Waals surface area contributed by atoms with Crippen LogP contribution in [0, 0.1) is 0 Å². The highest BCUT2D eigenvalue weighted by Gasteiger charge is 1.98. The fourth-order valence-electron chi connectivity index (χ4n) is 2.07. The third-order valence-electron chi connectivity index (χ3n) is 3.04. The van der Waals surface area contributed by atoms with Gasteiger partial charge >= 0.3 is 0 Å². The van der Waals surface area contributed by atoms with Crippen LogP contribution in [0.4, 0.5) is 17.1 Å². The highest BCUT2D eigenvalue weighted by Crippen LogP contribution is 2.23. The lowest BCUT2D eigenvalue weighted by molar-refractivity contribution is 1.32. The molecule has 0 unspecified atom stereocenters. The molecule has 3 aromatic rings. The Morgan fingerprint density at radius 3 is 2.15 bits per heavy atom. The summed E-state index contributed by atoms with van der Waals surface area (Å²) in [6, 6.07) is 20.4. The van der Waals surface area contributed by atoms with Crippen LogP contribution in [0.3, 0.4) is 0 Å². The standard InChI is InChI=1S/C17H15N3/c18-15-10-17(12-19-11-15)20-16-8-6-14(7-9-16)13-4-2-1-3-5-13/h1-12,20H,18H2. The van der Waals surface area contributed by atoms with E-state index in [0.717, 1.165) is 11.4 Å². The minimum Gasteiger partial charge on any atom is -0.397 e. The Balaban J connectivity index is 1.80. The number of nitrogens with one attached hydrogen (secondary N) is 1. The summed E-state index contributed by atoms with van der Waals surface area (Å²) in [5.41, 5.74) is 10.7. The van der Waals surface area contributed by atoms with E-state index in [1.54, 1.807) is 12.4 Å². The molecule has 0 aliphatic rings. The van der Waals surface area contributed by atoms with Gasteiger partial charge in [0.25, 0.3) is 0 Å². The quantitative estimate of drug-likeness (QED) is 0.747. The lowest BCUT2D eigenvalue weighted by Gasteiger charge is -2.08. The number of hydrogen-bond acceptors (Lipinski definition) is 3. The van der Waals surface area contributed by atoms with E-state index in [1.165, 1.54) is 11.1 Å². The van der Waals surface area contributed by atoms with Crippen LogP contribution in [-0.4, -0.2) is 4.98 Å². The molecule has 98 valence electrons. The van der Waals surface area contributed by atoms with Crippen LogP contribution in [0.2, 0.25) is 0 Å². The number of nitrogen functional groups attached to an aromatic ring is 1. The summed E-state index contributed by atoms with van der Waals surface area (Å²) >= 11 is 0. The first-order valence-electron chi connectivity index (χ1n) is 6.44. The van der Waals surface area contributed by atoms with Crippen LogP contribution >= 0.6 is 0 Å². The summed E-state index contributed by atoms with van der Waals surface area (Å²) in [5, 5.41) is 3.28. The third kappa shape index (κ3) is 2.78. The molecular formula is C17H15N3. The number of aromatic nitrogens is 1. The van der Waals surface area contributed by atoms with E-state index < -0.39 is 0 Å². The Labute approximate surface area is 118 Å². The number of anilines is 3. The van der Waals surface area contributed by atoms with Crippen molar-refractivity contribution in [3.05, 3.63) is 73.1 Å². The van der Waals surface area contributed by atoms with Crippen molar-refractivity contribution in [3.63, 3.8) is 0 Å². The molecular weight excluding hydrogens is 246 g/mol. The van der Waals surface area contributed by atoms with Gasteiger partial charge in [-0.25, -0.2) is 0 Å². The van der Waals surface area contributed by atoms with Gasteiger partial charge in [0.2, 0.25) is 0 Å². The summed E-state index contributed by atoms with van der Waals surface area (Å²) in [6.07, 6.45) is 3.38. The highest BCUT2D eigenvalue weighted by molar-refractivity contribution is 5.68. The average molecular weight is 261 g/mol. The fraction of sp³-hybridized carbons (Fsp3) is 0. The van der Waals surface area contributed by atoms with Gasteiger partial charge in [0.15, 0.2) is 0 Å². The molecule has 3 N–H and O–H groups in total. The van der Waals surface area contributed by atoms with Crippen LogP contribution in [0.5, 0.6) is 0 Å². The molecule has 2 aromatic carbocycles.